The summed E-state index contributed by atoms with van der Waals surface area (Å²) in [6.45, 7) is 1.91. The van der Waals surface area contributed by atoms with E-state index < -0.39 is 18.1 Å². The molecule has 32 heavy (non-hydrogen) atoms. The third-order valence-electron chi connectivity index (χ3n) is 5.88. The van der Waals surface area contributed by atoms with Gasteiger partial charge in [-0.05, 0) is 54.6 Å². The van der Waals surface area contributed by atoms with Crippen molar-refractivity contribution in [1.82, 2.24) is 15.1 Å². The van der Waals surface area contributed by atoms with Crippen molar-refractivity contribution in [2.24, 2.45) is 0 Å². The summed E-state index contributed by atoms with van der Waals surface area (Å²) in [6.07, 6.45) is 1.19. The van der Waals surface area contributed by atoms with Crippen molar-refractivity contribution < 1.29 is 27.6 Å². The number of rotatable bonds is 4. The lowest BCUT2D eigenvalue weighted by atomic mass is 9.97. The molecule has 0 unspecified atom stereocenters. The van der Waals surface area contributed by atoms with E-state index in [-0.39, 0.29) is 11.3 Å². The molecule has 1 saturated heterocycles. The lowest BCUT2D eigenvalue weighted by molar-refractivity contribution is -0.199. The molecular formula is C22H19F3N4O3. The largest absolute Gasteiger partial charge is 0.493 e. The molecule has 1 fully saturated rings. The first-order valence-corrected chi connectivity index (χ1v) is 10.2. The van der Waals surface area contributed by atoms with Crippen LogP contribution in [0.1, 0.15) is 40.4 Å². The van der Waals surface area contributed by atoms with Gasteiger partial charge in [0, 0.05) is 18.0 Å². The molecule has 3 heterocycles. The summed E-state index contributed by atoms with van der Waals surface area (Å²) in [6, 6.07) is 8.57. The quantitative estimate of drug-likeness (QED) is 0.666. The van der Waals surface area contributed by atoms with E-state index in [9.17, 15) is 22.8 Å². The molecule has 5 rings (SSSR count). The summed E-state index contributed by atoms with van der Waals surface area (Å²) in [5, 5.41) is 9.44. The predicted molar refractivity (Wildman–Crippen MR) is 109 cm³/mol. The first kappa shape index (κ1) is 20.5. The Balaban J connectivity index is 1.46. The summed E-state index contributed by atoms with van der Waals surface area (Å²) >= 11 is 0. The van der Waals surface area contributed by atoms with E-state index in [1.165, 1.54) is 12.1 Å². The Morgan fingerprint density at radius 2 is 1.97 bits per heavy atom. The van der Waals surface area contributed by atoms with Gasteiger partial charge in [0.05, 0.1) is 23.5 Å². The second kappa shape index (κ2) is 7.63. The van der Waals surface area contributed by atoms with Gasteiger partial charge in [-0.1, -0.05) is 18.2 Å². The van der Waals surface area contributed by atoms with E-state index in [0.717, 1.165) is 37.1 Å². The number of alkyl halides is 3. The predicted octanol–water partition coefficient (Wildman–Crippen LogP) is 3.53. The summed E-state index contributed by atoms with van der Waals surface area (Å²) < 4.78 is 40.0. The van der Waals surface area contributed by atoms with Crippen LogP contribution in [0.4, 0.5) is 18.9 Å². The highest BCUT2D eigenvalue weighted by molar-refractivity contribution is 6.25. The maximum atomic E-state index is 12.7. The van der Waals surface area contributed by atoms with Crippen LogP contribution in [0.3, 0.4) is 0 Å². The van der Waals surface area contributed by atoms with Crippen LogP contribution < -0.4 is 10.4 Å². The van der Waals surface area contributed by atoms with Crippen LogP contribution in [0.15, 0.2) is 42.7 Å². The van der Waals surface area contributed by atoms with Crippen molar-refractivity contribution in [3.8, 4) is 0 Å². The number of benzene rings is 2. The number of amides is 1. The highest BCUT2D eigenvalue weighted by atomic mass is 19.4. The molecule has 1 N–H and O–H groups in total. The molecule has 1 aromatic heterocycles. The third-order valence-corrected chi connectivity index (χ3v) is 5.88. The van der Waals surface area contributed by atoms with Gasteiger partial charge in [-0.3, -0.25) is 9.48 Å². The van der Waals surface area contributed by atoms with E-state index in [1.54, 1.807) is 18.2 Å². The molecule has 7 nitrogen and oxygen atoms in total. The van der Waals surface area contributed by atoms with Gasteiger partial charge in [0.1, 0.15) is 0 Å². The molecule has 0 bridgehead atoms. The van der Waals surface area contributed by atoms with E-state index in [4.69, 9.17) is 0 Å². The molecule has 0 spiro atoms. The minimum atomic E-state index is -5.21. The number of halogens is 3. The minimum absolute atomic E-state index is 0.118. The number of nitrogens with one attached hydrogen (secondary N) is 1. The molecule has 0 aliphatic carbocycles. The zero-order chi connectivity index (χ0) is 22.5. The first-order valence-electron chi connectivity index (χ1n) is 10.2. The zero-order valence-electron chi connectivity index (χ0n) is 16.9. The van der Waals surface area contributed by atoms with Gasteiger partial charge in [-0.15, -0.1) is 5.06 Å². The van der Waals surface area contributed by atoms with Crippen LogP contribution in [-0.4, -0.2) is 40.9 Å². The van der Waals surface area contributed by atoms with Crippen molar-refractivity contribution in [3.63, 3.8) is 0 Å². The van der Waals surface area contributed by atoms with Crippen molar-refractivity contribution >= 4 is 28.3 Å². The molecule has 0 radical (unpaired) electrons. The lowest BCUT2D eigenvalue weighted by Crippen LogP contribution is -2.36. The highest BCUT2D eigenvalue weighted by Gasteiger charge is 2.45. The van der Waals surface area contributed by atoms with Crippen LogP contribution in [0.5, 0.6) is 0 Å². The fourth-order valence-electron chi connectivity index (χ4n) is 4.35. The molecule has 0 saturated carbocycles. The number of hydrogen-bond acceptors (Lipinski definition) is 5. The first-order chi connectivity index (χ1) is 15.3. The summed E-state index contributed by atoms with van der Waals surface area (Å²) in [7, 11) is 0. The second-order valence-electron chi connectivity index (χ2n) is 7.93. The monoisotopic (exact) mass is 444 g/mol. The number of anilines is 1. The minimum Gasteiger partial charge on any atom is -0.324 e. The summed E-state index contributed by atoms with van der Waals surface area (Å²) in [5.41, 5.74) is 2.20. The molecule has 3 aromatic rings. The number of aromatic nitrogens is 2. The molecule has 2 aromatic carbocycles. The Kier molecular flexibility index (Phi) is 4.89. The molecule has 10 heteroatoms. The number of piperidine rings is 1. The van der Waals surface area contributed by atoms with Gasteiger partial charge < -0.3 is 10.2 Å². The molecule has 2 aliphatic heterocycles. The van der Waals surface area contributed by atoms with E-state index in [1.807, 2.05) is 17.1 Å². The van der Waals surface area contributed by atoms with Crippen LogP contribution in [-0.2, 0) is 16.1 Å². The number of hydroxylamine groups is 1. The average Bonchev–Trinajstić information content (AvgIpc) is 3.35. The molecule has 0 atom stereocenters. The molecule has 2 aliphatic rings. The number of hydrogen-bond donors (Lipinski definition) is 1. The Morgan fingerprint density at radius 3 is 2.72 bits per heavy atom. The van der Waals surface area contributed by atoms with Crippen molar-refractivity contribution in [3.05, 3.63) is 59.4 Å². The number of nitrogens with zero attached hydrogens (tertiary/aromatic N) is 3. The van der Waals surface area contributed by atoms with Crippen LogP contribution in [0.25, 0.3) is 10.8 Å². The van der Waals surface area contributed by atoms with Gasteiger partial charge in [0.2, 0.25) is 0 Å². The van der Waals surface area contributed by atoms with E-state index >= 15 is 0 Å². The topological polar surface area (TPSA) is 76.5 Å². The van der Waals surface area contributed by atoms with Crippen molar-refractivity contribution in [2.75, 3.05) is 18.2 Å². The molecular weight excluding hydrogens is 425 g/mol. The Bertz CT molecular complexity index is 1210. The third kappa shape index (κ3) is 3.50. The van der Waals surface area contributed by atoms with Gasteiger partial charge in [-0.2, -0.15) is 18.3 Å². The van der Waals surface area contributed by atoms with Crippen LogP contribution in [0.2, 0.25) is 0 Å². The zero-order valence-corrected chi connectivity index (χ0v) is 16.9. The Morgan fingerprint density at radius 1 is 1.19 bits per heavy atom. The van der Waals surface area contributed by atoms with E-state index in [0.29, 0.717) is 28.3 Å². The fraction of sp³-hybridized carbons (Fsp3) is 0.318. The average molecular weight is 444 g/mol. The van der Waals surface area contributed by atoms with E-state index in [2.05, 4.69) is 15.3 Å². The van der Waals surface area contributed by atoms with Crippen LogP contribution in [0, 0.1) is 0 Å². The lowest BCUT2D eigenvalue weighted by Gasteiger charge is -2.22. The normalized spacial score (nSPS) is 16.7. The maximum Gasteiger partial charge on any atom is 0.493 e. The summed E-state index contributed by atoms with van der Waals surface area (Å²) in [5.74, 6) is -3.25. The number of carbonyl (C=O) groups is 2. The van der Waals surface area contributed by atoms with Gasteiger partial charge in [-0.25, -0.2) is 4.79 Å². The van der Waals surface area contributed by atoms with Crippen LogP contribution >= 0.6 is 0 Å². The fourth-order valence-corrected chi connectivity index (χ4v) is 4.35. The second-order valence-corrected chi connectivity index (χ2v) is 7.93. The van der Waals surface area contributed by atoms with Crippen molar-refractivity contribution in [1.29, 1.82) is 0 Å². The standard InChI is InChI=1S/C22H19F3N4O3/c23-22(24,25)21(31)32-29-18-5-4-14(16-2-1-3-17(19(16)18)20(29)30)10-13-11-27-28(12-13)15-6-8-26-9-7-15/h1-5,11-12,15,26H,6-10H2. The molecule has 166 valence electrons. The maximum absolute atomic E-state index is 12.7. The van der Waals surface area contributed by atoms with Gasteiger partial charge >= 0.3 is 12.1 Å². The highest BCUT2D eigenvalue weighted by Crippen LogP contribution is 2.40. The smallest absolute Gasteiger partial charge is 0.324 e. The summed E-state index contributed by atoms with van der Waals surface area (Å²) in [4.78, 5) is 28.4. The van der Waals surface area contributed by atoms with Crippen molar-refractivity contribution in [2.45, 2.75) is 31.5 Å². The molecule has 1 amide bonds. The van der Waals surface area contributed by atoms with Gasteiger partial charge in [0.15, 0.2) is 0 Å². The van der Waals surface area contributed by atoms with Gasteiger partial charge in [0.25, 0.3) is 5.91 Å². The Labute approximate surface area is 180 Å². The number of carbonyl (C=O) groups excluding carboxylic acids is 2. The Hall–Kier alpha value is -3.40. The SMILES string of the molecule is O=C1c2cccc3c(Cc4cnn(C5CCNCC5)c4)ccc(c23)N1OC(=O)C(F)(F)F.